The number of ether oxygens (including phenoxy) is 1. The molecule has 0 aromatic heterocycles. The van der Waals surface area contributed by atoms with E-state index >= 15 is 0 Å². The third-order valence-electron chi connectivity index (χ3n) is 2.64. The van der Waals surface area contributed by atoms with Crippen LogP contribution >= 0.6 is 12.2 Å². The number of benzene rings is 2. The predicted octanol–water partition coefficient (Wildman–Crippen LogP) is 3.32. The third kappa shape index (κ3) is 2.91. The smallest absolute Gasteiger partial charge is 0.191 e. The lowest BCUT2D eigenvalue weighted by atomic mass is 10.1. The van der Waals surface area contributed by atoms with Crippen molar-refractivity contribution in [1.29, 1.82) is 0 Å². The molecule has 2 aromatic carbocycles. The molecule has 2 rings (SSSR count). The van der Waals surface area contributed by atoms with Crippen LogP contribution in [0.15, 0.2) is 36.4 Å². The molecule has 20 heavy (non-hydrogen) atoms. The van der Waals surface area contributed by atoms with E-state index in [9.17, 15) is 13.2 Å². The third-order valence-corrected chi connectivity index (χ3v) is 2.86. The summed E-state index contributed by atoms with van der Waals surface area (Å²) in [4.78, 5) is -0.0959. The molecule has 0 fully saturated rings. The van der Waals surface area contributed by atoms with Gasteiger partial charge in [0.25, 0.3) is 0 Å². The fraction of sp³-hybridized carbons (Fsp3) is 0.0714. The van der Waals surface area contributed by atoms with Crippen LogP contribution in [0.5, 0.6) is 5.75 Å². The average molecular weight is 297 g/mol. The van der Waals surface area contributed by atoms with Gasteiger partial charge in [-0.15, -0.1) is 0 Å². The summed E-state index contributed by atoms with van der Waals surface area (Å²) in [5.74, 6) is -2.91. The topological polar surface area (TPSA) is 35.2 Å². The first-order chi connectivity index (χ1) is 9.50. The van der Waals surface area contributed by atoms with Crippen LogP contribution in [0.25, 0.3) is 0 Å². The number of thiocarbonyl (C=S) groups is 1. The Labute approximate surface area is 119 Å². The molecule has 0 aliphatic heterocycles. The van der Waals surface area contributed by atoms with Gasteiger partial charge >= 0.3 is 0 Å². The fourth-order valence-corrected chi connectivity index (χ4v) is 1.81. The van der Waals surface area contributed by atoms with Crippen LogP contribution in [0.2, 0.25) is 0 Å². The summed E-state index contributed by atoms with van der Waals surface area (Å²) in [6.07, 6.45) is 0. The van der Waals surface area contributed by atoms with Crippen LogP contribution in [-0.4, -0.2) is 4.99 Å². The van der Waals surface area contributed by atoms with Gasteiger partial charge in [-0.25, -0.2) is 13.2 Å². The van der Waals surface area contributed by atoms with E-state index in [0.717, 1.165) is 12.1 Å². The molecule has 0 saturated carbocycles. The van der Waals surface area contributed by atoms with Gasteiger partial charge in [-0.2, -0.15) is 0 Å². The van der Waals surface area contributed by atoms with Crippen molar-refractivity contribution in [3.63, 3.8) is 0 Å². The number of nitrogens with two attached hydrogens (primary N) is 1. The number of hydrogen-bond donors (Lipinski definition) is 1. The molecular weight excluding hydrogens is 287 g/mol. The Morgan fingerprint density at radius 1 is 1.05 bits per heavy atom. The van der Waals surface area contributed by atoms with Gasteiger partial charge in [0, 0.05) is 11.1 Å². The Balaban J connectivity index is 2.24. The lowest BCUT2D eigenvalue weighted by Crippen LogP contribution is -2.13. The van der Waals surface area contributed by atoms with Crippen molar-refractivity contribution >= 4 is 17.2 Å². The normalized spacial score (nSPS) is 10.3. The van der Waals surface area contributed by atoms with E-state index in [1.54, 1.807) is 0 Å². The Bertz CT molecular complexity index is 641. The molecule has 0 amide bonds. The van der Waals surface area contributed by atoms with Crippen molar-refractivity contribution in [3.05, 3.63) is 65.0 Å². The van der Waals surface area contributed by atoms with Gasteiger partial charge in [0.15, 0.2) is 17.4 Å². The monoisotopic (exact) mass is 297 g/mol. The second-order valence-corrected chi connectivity index (χ2v) is 4.42. The standard InChI is InChI=1S/C14H10F3NOS/c15-10-5-2-6-11(16)13(10)19-7-8-3-1-4-9(12(8)17)14(18)20/h1-6H,7H2,(H2,18,20). The molecule has 0 heterocycles. The van der Waals surface area contributed by atoms with Crippen LogP contribution in [-0.2, 0) is 6.61 Å². The molecule has 0 spiro atoms. The summed E-state index contributed by atoms with van der Waals surface area (Å²) in [6.45, 7) is -0.333. The molecule has 104 valence electrons. The summed E-state index contributed by atoms with van der Waals surface area (Å²) in [5.41, 5.74) is 5.54. The molecule has 2 nitrogen and oxygen atoms in total. The Hall–Kier alpha value is -2.08. The van der Waals surface area contributed by atoms with E-state index in [-0.39, 0.29) is 22.7 Å². The van der Waals surface area contributed by atoms with Crippen molar-refractivity contribution in [2.75, 3.05) is 0 Å². The van der Waals surface area contributed by atoms with Crippen LogP contribution in [0.3, 0.4) is 0 Å². The van der Waals surface area contributed by atoms with E-state index in [4.69, 9.17) is 22.7 Å². The number of rotatable bonds is 4. The van der Waals surface area contributed by atoms with Crippen LogP contribution in [0, 0.1) is 17.5 Å². The molecule has 0 aliphatic carbocycles. The zero-order chi connectivity index (χ0) is 14.7. The van der Waals surface area contributed by atoms with E-state index in [2.05, 4.69) is 0 Å². The maximum atomic E-state index is 14.0. The van der Waals surface area contributed by atoms with Crippen molar-refractivity contribution in [2.24, 2.45) is 5.73 Å². The largest absolute Gasteiger partial charge is 0.483 e. The summed E-state index contributed by atoms with van der Waals surface area (Å²) in [5, 5.41) is 0. The lowest BCUT2D eigenvalue weighted by molar-refractivity contribution is 0.269. The maximum Gasteiger partial charge on any atom is 0.191 e. The summed E-state index contributed by atoms with van der Waals surface area (Å²) < 4.78 is 45.7. The van der Waals surface area contributed by atoms with E-state index in [1.807, 2.05) is 0 Å². The number of para-hydroxylation sites is 1. The number of hydrogen-bond acceptors (Lipinski definition) is 2. The molecule has 0 saturated heterocycles. The molecule has 0 atom stereocenters. The fourth-order valence-electron chi connectivity index (χ4n) is 1.65. The zero-order valence-corrected chi connectivity index (χ0v) is 11.0. The van der Waals surface area contributed by atoms with Gasteiger partial charge in [0.05, 0.1) is 0 Å². The van der Waals surface area contributed by atoms with Gasteiger partial charge in [-0.05, 0) is 18.2 Å². The highest BCUT2D eigenvalue weighted by molar-refractivity contribution is 7.80. The molecule has 0 aliphatic rings. The highest BCUT2D eigenvalue weighted by Crippen LogP contribution is 2.23. The Kier molecular flexibility index (Phi) is 4.24. The molecule has 0 bridgehead atoms. The summed E-state index contributed by atoms with van der Waals surface area (Å²) >= 11 is 4.71. The minimum absolute atomic E-state index is 0.0649. The Morgan fingerprint density at radius 2 is 1.65 bits per heavy atom. The number of halogens is 3. The van der Waals surface area contributed by atoms with Gasteiger partial charge < -0.3 is 10.5 Å². The second-order valence-electron chi connectivity index (χ2n) is 3.98. The van der Waals surface area contributed by atoms with E-state index in [0.29, 0.717) is 0 Å². The second kappa shape index (κ2) is 5.92. The van der Waals surface area contributed by atoms with Gasteiger partial charge in [0.1, 0.15) is 17.4 Å². The van der Waals surface area contributed by atoms with Gasteiger partial charge in [-0.3, -0.25) is 0 Å². The highest BCUT2D eigenvalue weighted by Gasteiger charge is 2.13. The first kappa shape index (κ1) is 14.3. The van der Waals surface area contributed by atoms with Gasteiger partial charge in [-0.1, -0.05) is 30.4 Å². The van der Waals surface area contributed by atoms with E-state index in [1.165, 1.54) is 24.3 Å². The lowest BCUT2D eigenvalue weighted by Gasteiger charge is -2.10. The average Bonchev–Trinajstić information content (AvgIpc) is 2.39. The Morgan fingerprint density at radius 3 is 2.25 bits per heavy atom. The zero-order valence-electron chi connectivity index (χ0n) is 10.2. The predicted molar refractivity (Wildman–Crippen MR) is 73.0 cm³/mol. The van der Waals surface area contributed by atoms with Gasteiger partial charge in [0.2, 0.25) is 0 Å². The summed E-state index contributed by atoms with van der Waals surface area (Å²) in [7, 11) is 0. The maximum absolute atomic E-state index is 14.0. The minimum Gasteiger partial charge on any atom is -0.483 e. The first-order valence-corrected chi connectivity index (χ1v) is 6.05. The molecule has 0 radical (unpaired) electrons. The molecule has 2 N–H and O–H groups in total. The van der Waals surface area contributed by atoms with Crippen molar-refractivity contribution < 1.29 is 17.9 Å². The molecule has 2 aromatic rings. The van der Waals surface area contributed by atoms with E-state index < -0.39 is 23.2 Å². The quantitative estimate of drug-likeness (QED) is 0.879. The SMILES string of the molecule is NC(=S)c1cccc(COc2c(F)cccc2F)c1F. The van der Waals surface area contributed by atoms with Crippen LogP contribution < -0.4 is 10.5 Å². The van der Waals surface area contributed by atoms with Crippen molar-refractivity contribution in [3.8, 4) is 5.75 Å². The summed E-state index contributed by atoms with van der Waals surface area (Å²) in [6, 6.07) is 7.71. The highest BCUT2D eigenvalue weighted by atomic mass is 32.1. The minimum atomic E-state index is -0.851. The molecule has 6 heteroatoms. The van der Waals surface area contributed by atoms with Crippen LogP contribution in [0.4, 0.5) is 13.2 Å². The van der Waals surface area contributed by atoms with Crippen molar-refractivity contribution in [2.45, 2.75) is 6.61 Å². The van der Waals surface area contributed by atoms with Crippen molar-refractivity contribution in [1.82, 2.24) is 0 Å². The van der Waals surface area contributed by atoms with Crippen LogP contribution in [0.1, 0.15) is 11.1 Å². The first-order valence-electron chi connectivity index (χ1n) is 5.64. The molecule has 0 unspecified atom stereocenters. The molecular formula is C14H10F3NOS.